The van der Waals surface area contributed by atoms with E-state index in [1.807, 2.05) is 30.3 Å². The number of carbonyl (C=O) groups excluding carboxylic acids is 1. The van der Waals surface area contributed by atoms with Gasteiger partial charge in [0, 0.05) is 25.6 Å². The van der Waals surface area contributed by atoms with E-state index in [0.717, 1.165) is 18.4 Å². The fourth-order valence-corrected chi connectivity index (χ4v) is 2.84. The van der Waals surface area contributed by atoms with Gasteiger partial charge in [-0.15, -0.1) is 0 Å². The van der Waals surface area contributed by atoms with Crippen LogP contribution in [0.2, 0.25) is 0 Å². The summed E-state index contributed by atoms with van der Waals surface area (Å²) in [4.78, 5) is 33.2. The van der Waals surface area contributed by atoms with E-state index in [1.165, 1.54) is 6.07 Å². The average Bonchev–Trinajstić information content (AvgIpc) is 3.44. The van der Waals surface area contributed by atoms with E-state index < -0.39 is 0 Å². The maximum absolute atomic E-state index is 12.8. The Kier molecular flexibility index (Phi) is 4.76. The first-order valence-corrected chi connectivity index (χ1v) is 8.14. The van der Waals surface area contributed by atoms with E-state index in [0.29, 0.717) is 12.2 Å². The summed E-state index contributed by atoms with van der Waals surface area (Å²) in [7, 11) is 1.68. The van der Waals surface area contributed by atoms with Gasteiger partial charge in [-0.25, -0.2) is 4.98 Å². The molecule has 1 aromatic carbocycles. The Labute approximate surface area is 140 Å². The fourth-order valence-electron chi connectivity index (χ4n) is 2.84. The third-order valence-electron chi connectivity index (χ3n) is 4.32. The van der Waals surface area contributed by atoms with Gasteiger partial charge in [0.1, 0.15) is 11.5 Å². The summed E-state index contributed by atoms with van der Waals surface area (Å²) in [5.41, 5.74) is 0.791. The summed E-state index contributed by atoms with van der Waals surface area (Å²) in [6, 6.07) is 10.5. The van der Waals surface area contributed by atoms with Crippen LogP contribution in [-0.2, 0) is 0 Å². The minimum Gasteiger partial charge on any atom is -0.396 e. The molecular weight excluding hydrogens is 306 g/mol. The minimum absolute atomic E-state index is 0.0344. The lowest BCUT2D eigenvalue weighted by Crippen LogP contribution is -2.33. The molecule has 3 rings (SSSR count). The Bertz CT molecular complexity index is 769. The molecule has 0 spiro atoms. The van der Waals surface area contributed by atoms with Crippen molar-refractivity contribution in [3.8, 4) is 0 Å². The zero-order chi connectivity index (χ0) is 17.1. The van der Waals surface area contributed by atoms with Crippen molar-refractivity contribution in [1.29, 1.82) is 0 Å². The van der Waals surface area contributed by atoms with Crippen LogP contribution in [0.15, 0.2) is 41.2 Å². The van der Waals surface area contributed by atoms with Crippen molar-refractivity contribution in [2.75, 3.05) is 13.7 Å². The van der Waals surface area contributed by atoms with Gasteiger partial charge in [0.15, 0.2) is 0 Å². The number of carbonyl (C=O) groups is 1. The van der Waals surface area contributed by atoms with E-state index in [1.54, 1.807) is 11.9 Å². The van der Waals surface area contributed by atoms with Gasteiger partial charge in [-0.1, -0.05) is 30.3 Å². The number of nitrogens with one attached hydrogen (secondary N) is 1. The van der Waals surface area contributed by atoms with Crippen LogP contribution in [0.5, 0.6) is 0 Å². The standard InChI is InChI=1S/C18H21N3O3/c1-21(15(9-10-22)12-5-3-2-4-6-12)18(24)14-11-16(23)20-17(19-14)13-7-8-13/h2-6,11,13,15,22H,7-10H2,1H3,(H,19,20,23). The van der Waals surface area contributed by atoms with Crippen LogP contribution in [0.4, 0.5) is 0 Å². The van der Waals surface area contributed by atoms with Gasteiger partial charge in [0.25, 0.3) is 11.5 Å². The van der Waals surface area contributed by atoms with Crippen LogP contribution in [0, 0.1) is 0 Å². The van der Waals surface area contributed by atoms with Crippen LogP contribution >= 0.6 is 0 Å². The molecule has 24 heavy (non-hydrogen) atoms. The predicted molar refractivity (Wildman–Crippen MR) is 89.8 cm³/mol. The van der Waals surface area contributed by atoms with Crippen molar-refractivity contribution in [3.63, 3.8) is 0 Å². The highest BCUT2D eigenvalue weighted by Gasteiger charge is 2.29. The molecule has 1 saturated carbocycles. The predicted octanol–water partition coefficient (Wildman–Crippen LogP) is 1.84. The van der Waals surface area contributed by atoms with E-state index in [9.17, 15) is 14.7 Å². The molecule has 6 heteroatoms. The Morgan fingerprint density at radius 2 is 2.08 bits per heavy atom. The molecule has 126 valence electrons. The fraction of sp³-hybridized carbons (Fsp3) is 0.389. The minimum atomic E-state index is -0.315. The second-order valence-electron chi connectivity index (χ2n) is 6.14. The molecule has 1 aromatic heterocycles. The molecule has 2 N–H and O–H groups in total. The monoisotopic (exact) mass is 327 g/mol. The Morgan fingerprint density at radius 3 is 2.71 bits per heavy atom. The van der Waals surface area contributed by atoms with Crippen LogP contribution in [-0.4, -0.2) is 39.5 Å². The second kappa shape index (κ2) is 6.97. The molecular formula is C18H21N3O3. The van der Waals surface area contributed by atoms with Crippen LogP contribution in [0.1, 0.15) is 53.1 Å². The number of rotatable bonds is 6. The van der Waals surface area contributed by atoms with Gasteiger partial charge in [0.05, 0.1) is 6.04 Å². The van der Waals surface area contributed by atoms with Crippen molar-refractivity contribution in [2.45, 2.75) is 31.2 Å². The zero-order valence-electron chi connectivity index (χ0n) is 13.6. The van der Waals surface area contributed by atoms with E-state index in [-0.39, 0.29) is 35.7 Å². The topological polar surface area (TPSA) is 86.3 Å². The normalized spacial score (nSPS) is 15.1. The van der Waals surface area contributed by atoms with Gasteiger partial charge in [-0.2, -0.15) is 0 Å². The van der Waals surface area contributed by atoms with Crippen molar-refractivity contribution in [2.24, 2.45) is 0 Å². The number of aliphatic hydroxyl groups is 1. The lowest BCUT2D eigenvalue weighted by atomic mass is 10.0. The lowest BCUT2D eigenvalue weighted by Gasteiger charge is -2.28. The highest BCUT2D eigenvalue weighted by molar-refractivity contribution is 5.92. The molecule has 6 nitrogen and oxygen atoms in total. The van der Waals surface area contributed by atoms with Crippen molar-refractivity contribution < 1.29 is 9.90 Å². The molecule has 1 atom stereocenters. The summed E-state index contributed by atoms with van der Waals surface area (Å²) < 4.78 is 0. The average molecular weight is 327 g/mol. The number of benzene rings is 1. The van der Waals surface area contributed by atoms with Crippen LogP contribution < -0.4 is 5.56 Å². The maximum Gasteiger partial charge on any atom is 0.272 e. The Hall–Kier alpha value is -2.47. The zero-order valence-corrected chi connectivity index (χ0v) is 13.6. The molecule has 0 bridgehead atoms. The van der Waals surface area contributed by atoms with Crippen molar-refractivity contribution in [1.82, 2.24) is 14.9 Å². The van der Waals surface area contributed by atoms with Gasteiger partial charge in [0.2, 0.25) is 0 Å². The van der Waals surface area contributed by atoms with Crippen LogP contribution in [0.25, 0.3) is 0 Å². The number of hydrogen-bond acceptors (Lipinski definition) is 4. The molecule has 0 saturated heterocycles. The number of aromatic amines is 1. The molecule has 1 aliphatic rings. The van der Waals surface area contributed by atoms with E-state index >= 15 is 0 Å². The van der Waals surface area contributed by atoms with Gasteiger partial charge >= 0.3 is 0 Å². The van der Waals surface area contributed by atoms with Gasteiger partial charge < -0.3 is 15.0 Å². The molecule has 2 aromatic rings. The number of hydrogen-bond donors (Lipinski definition) is 2. The highest BCUT2D eigenvalue weighted by atomic mass is 16.3. The smallest absolute Gasteiger partial charge is 0.272 e. The first-order valence-electron chi connectivity index (χ1n) is 8.14. The molecule has 0 aliphatic heterocycles. The SMILES string of the molecule is CN(C(=O)c1cc(=O)[nH]c(C2CC2)n1)C(CCO)c1ccccc1. The third kappa shape index (κ3) is 3.54. The number of nitrogens with zero attached hydrogens (tertiary/aromatic N) is 2. The van der Waals surface area contributed by atoms with Crippen LogP contribution in [0.3, 0.4) is 0 Å². The summed E-state index contributed by atoms with van der Waals surface area (Å²) in [5.74, 6) is 0.543. The second-order valence-corrected chi connectivity index (χ2v) is 6.14. The third-order valence-corrected chi connectivity index (χ3v) is 4.32. The maximum atomic E-state index is 12.8. The summed E-state index contributed by atoms with van der Waals surface area (Å²) in [6.45, 7) is -0.0344. The lowest BCUT2D eigenvalue weighted by molar-refractivity contribution is 0.0698. The molecule has 1 aliphatic carbocycles. The number of aliphatic hydroxyl groups excluding tert-OH is 1. The number of H-pyrrole nitrogens is 1. The quantitative estimate of drug-likeness (QED) is 0.848. The Morgan fingerprint density at radius 1 is 1.38 bits per heavy atom. The van der Waals surface area contributed by atoms with E-state index in [4.69, 9.17) is 0 Å². The highest BCUT2D eigenvalue weighted by Crippen LogP contribution is 2.37. The van der Waals surface area contributed by atoms with Gasteiger partial charge in [-0.3, -0.25) is 9.59 Å². The van der Waals surface area contributed by atoms with Crippen molar-refractivity contribution in [3.05, 3.63) is 63.8 Å². The first kappa shape index (κ1) is 16.4. The molecule has 1 fully saturated rings. The largest absolute Gasteiger partial charge is 0.396 e. The summed E-state index contributed by atoms with van der Waals surface area (Å²) >= 11 is 0. The number of aromatic nitrogens is 2. The molecule has 1 heterocycles. The van der Waals surface area contributed by atoms with Crippen molar-refractivity contribution >= 4 is 5.91 Å². The number of amides is 1. The molecule has 1 amide bonds. The van der Waals surface area contributed by atoms with Gasteiger partial charge in [-0.05, 0) is 24.8 Å². The molecule has 1 unspecified atom stereocenters. The molecule has 0 radical (unpaired) electrons. The summed E-state index contributed by atoms with van der Waals surface area (Å²) in [6.07, 6.45) is 2.41. The van der Waals surface area contributed by atoms with E-state index in [2.05, 4.69) is 9.97 Å². The summed E-state index contributed by atoms with van der Waals surface area (Å²) in [5, 5.41) is 9.36. The first-order chi connectivity index (χ1) is 11.6. The Balaban J connectivity index is 1.88.